The third kappa shape index (κ3) is 5.60. The second kappa shape index (κ2) is 10.4. The fourth-order valence-electron chi connectivity index (χ4n) is 3.15. The molecule has 0 aliphatic heterocycles. The first-order chi connectivity index (χ1) is 14.4. The predicted octanol–water partition coefficient (Wildman–Crippen LogP) is 4.92. The van der Waals surface area contributed by atoms with E-state index in [4.69, 9.17) is 0 Å². The normalized spacial score (nSPS) is 10.5. The first-order valence-electron chi connectivity index (χ1n) is 9.65. The van der Waals surface area contributed by atoms with Gasteiger partial charge >= 0.3 is 187 Å². The first kappa shape index (κ1) is 20.0. The van der Waals surface area contributed by atoms with E-state index in [2.05, 4.69) is 121 Å². The molecule has 0 bridgehead atoms. The molecule has 4 aromatic carbocycles. The topological polar surface area (TPSA) is 0 Å². The molecule has 142 valence electrons. The number of benzene rings is 4. The molecule has 0 heterocycles. The zero-order valence-corrected chi connectivity index (χ0v) is 19.5. The molecule has 29 heavy (non-hydrogen) atoms. The number of rotatable bonds is 7. The Kier molecular flexibility index (Phi) is 7.18. The summed E-state index contributed by atoms with van der Waals surface area (Å²) in [5.74, 6) is 0. The molecule has 0 radical (unpaired) electrons. The summed E-state index contributed by atoms with van der Waals surface area (Å²) in [6, 6.07) is 43.7. The van der Waals surface area contributed by atoms with E-state index >= 15 is 0 Å². The summed E-state index contributed by atoms with van der Waals surface area (Å²) in [4.78, 5) is 0. The van der Waals surface area contributed by atoms with Crippen LogP contribution in [-0.4, -0.2) is 29.9 Å². The molecular formula is C27H22Se2. The van der Waals surface area contributed by atoms with Gasteiger partial charge in [-0.2, -0.15) is 0 Å². The first-order valence-corrected chi connectivity index (χ1v) is 13.4. The summed E-state index contributed by atoms with van der Waals surface area (Å²) in [6.07, 6.45) is 0. The van der Waals surface area contributed by atoms with Crippen molar-refractivity contribution in [2.45, 2.75) is 5.32 Å². The minimum absolute atomic E-state index is 0.290. The van der Waals surface area contributed by atoms with Gasteiger partial charge in [-0.05, 0) is 0 Å². The van der Waals surface area contributed by atoms with E-state index in [1.807, 2.05) is 0 Å². The standard InChI is InChI=1S/C27H22Se2/c1-5-13-22(14-6-1)27(23-15-7-2-8-16-23)26(29-25-19-11-4-12-20-25)21-28-24-17-9-3-10-18-24/h1-20H,21H2. The van der Waals surface area contributed by atoms with Crippen molar-refractivity contribution in [3.8, 4) is 0 Å². The van der Waals surface area contributed by atoms with Crippen molar-refractivity contribution >= 4 is 44.4 Å². The number of allylic oxidation sites excluding steroid dienone is 1. The van der Waals surface area contributed by atoms with Gasteiger partial charge in [0.15, 0.2) is 0 Å². The van der Waals surface area contributed by atoms with Gasteiger partial charge in [0.2, 0.25) is 0 Å². The van der Waals surface area contributed by atoms with Gasteiger partial charge in [0.1, 0.15) is 0 Å². The minimum atomic E-state index is 0.290. The van der Waals surface area contributed by atoms with Crippen molar-refractivity contribution < 1.29 is 0 Å². The molecule has 0 saturated heterocycles. The molecule has 0 aliphatic rings. The summed E-state index contributed by atoms with van der Waals surface area (Å²) in [5.41, 5.74) is 4.04. The molecule has 0 unspecified atom stereocenters. The van der Waals surface area contributed by atoms with Crippen LogP contribution in [0.3, 0.4) is 0 Å². The van der Waals surface area contributed by atoms with Crippen LogP contribution < -0.4 is 8.92 Å². The molecule has 0 atom stereocenters. The zero-order valence-electron chi connectivity index (χ0n) is 16.1. The summed E-state index contributed by atoms with van der Waals surface area (Å²) in [7, 11) is 0. The van der Waals surface area contributed by atoms with Gasteiger partial charge in [-0.3, -0.25) is 0 Å². The Morgan fingerprint density at radius 1 is 0.483 bits per heavy atom. The van der Waals surface area contributed by atoms with E-state index in [0.717, 1.165) is 5.32 Å². The summed E-state index contributed by atoms with van der Waals surface area (Å²) < 4.78 is 4.47. The van der Waals surface area contributed by atoms with Gasteiger partial charge in [-0.1, -0.05) is 0 Å². The molecule has 0 amide bonds. The van der Waals surface area contributed by atoms with Crippen LogP contribution in [0.2, 0.25) is 5.32 Å². The Hall–Kier alpha value is -2.34. The van der Waals surface area contributed by atoms with E-state index in [0.29, 0.717) is 29.9 Å². The van der Waals surface area contributed by atoms with Crippen molar-refractivity contribution in [2.24, 2.45) is 0 Å². The van der Waals surface area contributed by atoms with Crippen molar-refractivity contribution in [3.63, 3.8) is 0 Å². The molecule has 4 rings (SSSR count). The molecule has 2 heteroatoms. The molecule has 0 saturated carbocycles. The molecule has 0 aromatic heterocycles. The zero-order chi connectivity index (χ0) is 19.7. The average molecular weight is 504 g/mol. The third-order valence-electron chi connectivity index (χ3n) is 4.50. The molecule has 4 aromatic rings. The molecule has 0 nitrogen and oxygen atoms in total. The second-order valence-corrected chi connectivity index (χ2v) is 11.2. The summed E-state index contributed by atoms with van der Waals surface area (Å²) >= 11 is 0.709. The average Bonchev–Trinajstić information content (AvgIpc) is 2.80. The Morgan fingerprint density at radius 3 is 1.38 bits per heavy atom. The van der Waals surface area contributed by atoms with Crippen LogP contribution in [0.4, 0.5) is 0 Å². The predicted molar refractivity (Wildman–Crippen MR) is 127 cm³/mol. The molecule has 0 aliphatic carbocycles. The molecule has 0 N–H and O–H groups in total. The van der Waals surface area contributed by atoms with Crippen LogP contribution >= 0.6 is 0 Å². The van der Waals surface area contributed by atoms with E-state index in [1.165, 1.54) is 25.6 Å². The van der Waals surface area contributed by atoms with Crippen molar-refractivity contribution in [1.29, 1.82) is 0 Å². The van der Waals surface area contributed by atoms with E-state index in [-0.39, 0.29) is 0 Å². The Labute approximate surface area is 186 Å². The fourth-order valence-corrected chi connectivity index (χ4v) is 8.14. The summed E-state index contributed by atoms with van der Waals surface area (Å²) in [5, 5.41) is 1.13. The van der Waals surface area contributed by atoms with Gasteiger partial charge in [-0.15, -0.1) is 0 Å². The third-order valence-corrected chi connectivity index (χ3v) is 9.92. The number of hydrogen-bond donors (Lipinski definition) is 0. The Bertz CT molecular complexity index is 999. The van der Waals surface area contributed by atoms with Crippen molar-refractivity contribution in [2.75, 3.05) is 0 Å². The van der Waals surface area contributed by atoms with Crippen LogP contribution in [0, 0.1) is 0 Å². The van der Waals surface area contributed by atoms with Gasteiger partial charge in [0, 0.05) is 0 Å². The van der Waals surface area contributed by atoms with Crippen LogP contribution in [0.25, 0.3) is 5.57 Å². The monoisotopic (exact) mass is 506 g/mol. The van der Waals surface area contributed by atoms with E-state index in [1.54, 1.807) is 4.47 Å². The van der Waals surface area contributed by atoms with Gasteiger partial charge < -0.3 is 0 Å². The quantitative estimate of drug-likeness (QED) is 0.314. The summed E-state index contributed by atoms with van der Waals surface area (Å²) in [6.45, 7) is 0. The molecule has 0 fully saturated rings. The molecule has 0 spiro atoms. The maximum atomic E-state index is 2.27. The van der Waals surface area contributed by atoms with Crippen LogP contribution in [0.1, 0.15) is 11.1 Å². The Balaban J connectivity index is 1.80. The maximum absolute atomic E-state index is 2.27. The van der Waals surface area contributed by atoms with Gasteiger partial charge in [-0.25, -0.2) is 0 Å². The van der Waals surface area contributed by atoms with E-state index < -0.39 is 0 Å². The van der Waals surface area contributed by atoms with Crippen LogP contribution in [-0.2, 0) is 0 Å². The number of hydrogen-bond acceptors (Lipinski definition) is 0. The van der Waals surface area contributed by atoms with Crippen molar-refractivity contribution in [1.82, 2.24) is 0 Å². The Morgan fingerprint density at radius 2 is 0.897 bits per heavy atom. The van der Waals surface area contributed by atoms with Crippen molar-refractivity contribution in [3.05, 3.63) is 137 Å². The molecular weight excluding hydrogens is 482 g/mol. The SMILES string of the molecule is c1ccc([Se]CC([Se]c2ccccc2)=C(c2ccccc2)c2ccccc2)cc1. The van der Waals surface area contributed by atoms with Gasteiger partial charge in [0.25, 0.3) is 0 Å². The fraction of sp³-hybridized carbons (Fsp3) is 0.0370. The van der Waals surface area contributed by atoms with Gasteiger partial charge in [0.05, 0.1) is 0 Å². The van der Waals surface area contributed by atoms with Crippen LogP contribution in [0.15, 0.2) is 126 Å². The van der Waals surface area contributed by atoms with E-state index in [9.17, 15) is 0 Å². The van der Waals surface area contributed by atoms with Crippen LogP contribution in [0.5, 0.6) is 0 Å². The second-order valence-electron chi connectivity index (χ2n) is 6.55.